The van der Waals surface area contributed by atoms with Crippen molar-refractivity contribution in [2.75, 3.05) is 18.5 Å². The Morgan fingerprint density at radius 2 is 2.05 bits per heavy atom. The molecule has 110 valence electrons. The average molecular weight is 304 g/mol. The summed E-state index contributed by atoms with van der Waals surface area (Å²) in [5.41, 5.74) is 1.76. The second-order valence-corrected chi connectivity index (χ2v) is 5.90. The Morgan fingerprint density at radius 3 is 2.81 bits per heavy atom. The molecule has 0 fully saturated rings. The molecular weight excluding hydrogens is 288 g/mol. The largest absolute Gasteiger partial charge is 0.486 e. The molecular formula is C15H16N2O3S. The van der Waals surface area contributed by atoms with E-state index in [-0.39, 0.29) is 11.8 Å². The third-order valence-electron chi connectivity index (χ3n) is 3.10. The van der Waals surface area contributed by atoms with Gasteiger partial charge in [-0.05, 0) is 18.2 Å². The van der Waals surface area contributed by atoms with Crippen LogP contribution in [0, 0.1) is 5.92 Å². The molecule has 0 spiro atoms. The SMILES string of the molecule is CC(C)C(=O)Nc1nc(-c2ccc3c(c2)OCCO3)cs1. The molecule has 3 rings (SSSR count). The van der Waals surface area contributed by atoms with E-state index >= 15 is 0 Å². The number of amides is 1. The number of rotatable bonds is 3. The molecule has 1 N–H and O–H groups in total. The van der Waals surface area contributed by atoms with Crippen LogP contribution in [0.25, 0.3) is 11.3 Å². The molecule has 0 unspecified atom stereocenters. The first-order chi connectivity index (χ1) is 10.1. The molecule has 5 nitrogen and oxygen atoms in total. The fourth-order valence-electron chi connectivity index (χ4n) is 1.92. The van der Waals surface area contributed by atoms with Crippen LogP contribution in [0.15, 0.2) is 23.6 Å². The Labute approximate surface area is 126 Å². The van der Waals surface area contributed by atoms with E-state index in [4.69, 9.17) is 9.47 Å². The number of ether oxygens (including phenoxy) is 2. The Morgan fingerprint density at radius 1 is 1.29 bits per heavy atom. The van der Waals surface area contributed by atoms with Crippen LogP contribution in [0.2, 0.25) is 0 Å². The predicted molar refractivity (Wildman–Crippen MR) is 82.0 cm³/mol. The minimum absolute atomic E-state index is 0.0296. The second kappa shape index (κ2) is 5.73. The smallest absolute Gasteiger partial charge is 0.228 e. The van der Waals surface area contributed by atoms with E-state index < -0.39 is 0 Å². The summed E-state index contributed by atoms with van der Waals surface area (Å²) in [7, 11) is 0. The van der Waals surface area contributed by atoms with Gasteiger partial charge in [-0.3, -0.25) is 4.79 Å². The van der Waals surface area contributed by atoms with Crippen molar-refractivity contribution < 1.29 is 14.3 Å². The normalized spacial score (nSPS) is 13.3. The van der Waals surface area contributed by atoms with Crippen LogP contribution in [-0.2, 0) is 4.79 Å². The summed E-state index contributed by atoms with van der Waals surface area (Å²) >= 11 is 1.41. The van der Waals surface area contributed by atoms with Crippen LogP contribution < -0.4 is 14.8 Å². The Bertz CT molecular complexity index is 667. The number of benzene rings is 1. The molecule has 0 aliphatic carbocycles. The molecule has 0 bridgehead atoms. The zero-order chi connectivity index (χ0) is 14.8. The third kappa shape index (κ3) is 3.00. The number of thiazole rings is 1. The summed E-state index contributed by atoms with van der Waals surface area (Å²) in [5, 5.41) is 5.33. The Kier molecular flexibility index (Phi) is 3.79. The van der Waals surface area contributed by atoms with Gasteiger partial charge in [0, 0.05) is 16.9 Å². The van der Waals surface area contributed by atoms with Gasteiger partial charge >= 0.3 is 0 Å². The van der Waals surface area contributed by atoms with Gasteiger partial charge in [0.05, 0.1) is 5.69 Å². The number of hydrogen-bond donors (Lipinski definition) is 1. The van der Waals surface area contributed by atoms with E-state index in [9.17, 15) is 4.79 Å². The minimum atomic E-state index is -0.0633. The lowest BCUT2D eigenvalue weighted by atomic mass is 10.1. The standard InChI is InChI=1S/C15H16N2O3S/c1-9(2)14(18)17-15-16-11(8-21-15)10-3-4-12-13(7-10)20-6-5-19-12/h3-4,7-9H,5-6H2,1-2H3,(H,16,17,18). The molecule has 1 aliphatic heterocycles. The van der Waals surface area contributed by atoms with Gasteiger partial charge in [-0.15, -0.1) is 11.3 Å². The lowest BCUT2D eigenvalue weighted by molar-refractivity contribution is -0.118. The number of fused-ring (bicyclic) bond motifs is 1. The van der Waals surface area contributed by atoms with Gasteiger partial charge in [-0.25, -0.2) is 4.98 Å². The molecule has 2 aromatic rings. The monoisotopic (exact) mass is 304 g/mol. The third-order valence-corrected chi connectivity index (χ3v) is 3.85. The van der Waals surface area contributed by atoms with E-state index in [1.807, 2.05) is 37.4 Å². The van der Waals surface area contributed by atoms with Crippen molar-refractivity contribution in [2.24, 2.45) is 5.92 Å². The highest BCUT2D eigenvalue weighted by Gasteiger charge is 2.15. The molecule has 21 heavy (non-hydrogen) atoms. The van der Waals surface area contributed by atoms with E-state index in [1.165, 1.54) is 11.3 Å². The quantitative estimate of drug-likeness (QED) is 0.946. The fraction of sp³-hybridized carbons (Fsp3) is 0.333. The van der Waals surface area contributed by atoms with Crippen molar-refractivity contribution in [3.63, 3.8) is 0 Å². The molecule has 0 saturated heterocycles. The van der Waals surface area contributed by atoms with Crippen molar-refractivity contribution in [1.82, 2.24) is 4.98 Å². The molecule has 2 heterocycles. The lowest BCUT2D eigenvalue weighted by Crippen LogP contribution is -2.17. The maximum absolute atomic E-state index is 11.7. The second-order valence-electron chi connectivity index (χ2n) is 5.04. The maximum Gasteiger partial charge on any atom is 0.228 e. The number of carbonyl (C=O) groups is 1. The van der Waals surface area contributed by atoms with E-state index in [0.717, 1.165) is 22.8 Å². The first kappa shape index (κ1) is 13.9. The highest BCUT2D eigenvalue weighted by atomic mass is 32.1. The number of hydrogen-bond acceptors (Lipinski definition) is 5. The molecule has 1 aromatic carbocycles. The van der Waals surface area contributed by atoms with Crippen molar-refractivity contribution in [2.45, 2.75) is 13.8 Å². The first-order valence-electron chi connectivity index (χ1n) is 6.80. The summed E-state index contributed by atoms with van der Waals surface area (Å²) in [6.45, 7) is 4.84. The lowest BCUT2D eigenvalue weighted by Gasteiger charge is -2.18. The topological polar surface area (TPSA) is 60.5 Å². The molecule has 1 amide bonds. The van der Waals surface area contributed by atoms with Gasteiger partial charge in [0.15, 0.2) is 16.6 Å². The van der Waals surface area contributed by atoms with Crippen LogP contribution in [0.4, 0.5) is 5.13 Å². The summed E-state index contributed by atoms with van der Waals surface area (Å²) in [5.74, 6) is 1.40. The van der Waals surface area contributed by atoms with Crippen LogP contribution in [-0.4, -0.2) is 24.1 Å². The van der Waals surface area contributed by atoms with E-state index in [0.29, 0.717) is 18.3 Å². The highest BCUT2D eigenvalue weighted by Crippen LogP contribution is 2.35. The van der Waals surface area contributed by atoms with Crippen molar-refractivity contribution in [3.8, 4) is 22.8 Å². The first-order valence-corrected chi connectivity index (χ1v) is 7.68. The van der Waals surface area contributed by atoms with Gasteiger partial charge in [0.2, 0.25) is 5.91 Å². The van der Waals surface area contributed by atoms with Crippen LogP contribution in [0.1, 0.15) is 13.8 Å². The molecule has 1 aliphatic rings. The van der Waals surface area contributed by atoms with Crippen molar-refractivity contribution >= 4 is 22.4 Å². The number of aromatic nitrogens is 1. The fourth-order valence-corrected chi connectivity index (χ4v) is 2.64. The zero-order valence-corrected chi connectivity index (χ0v) is 12.7. The number of nitrogens with one attached hydrogen (secondary N) is 1. The zero-order valence-electron chi connectivity index (χ0n) is 11.9. The predicted octanol–water partition coefficient (Wildman–Crippen LogP) is 3.18. The van der Waals surface area contributed by atoms with Crippen LogP contribution in [0.5, 0.6) is 11.5 Å². The van der Waals surface area contributed by atoms with Gasteiger partial charge in [-0.2, -0.15) is 0 Å². The number of anilines is 1. The molecule has 0 radical (unpaired) electrons. The summed E-state index contributed by atoms with van der Waals surface area (Å²) in [6.07, 6.45) is 0. The highest BCUT2D eigenvalue weighted by molar-refractivity contribution is 7.14. The van der Waals surface area contributed by atoms with E-state index in [1.54, 1.807) is 0 Å². The van der Waals surface area contributed by atoms with Gasteiger partial charge < -0.3 is 14.8 Å². The number of carbonyl (C=O) groups excluding carboxylic acids is 1. The Hall–Kier alpha value is -2.08. The molecule has 6 heteroatoms. The van der Waals surface area contributed by atoms with E-state index in [2.05, 4.69) is 10.3 Å². The Balaban J connectivity index is 1.81. The van der Waals surface area contributed by atoms with Gasteiger partial charge in [-0.1, -0.05) is 13.8 Å². The summed E-state index contributed by atoms with van der Waals surface area (Å²) < 4.78 is 11.1. The summed E-state index contributed by atoms with van der Waals surface area (Å²) in [6, 6.07) is 5.74. The minimum Gasteiger partial charge on any atom is -0.486 e. The molecule has 0 atom stereocenters. The maximum atomic E-state index is 11.7. The van der Waals surface area contributed by atoms with Gasteiger partial charge in [0.1, 0.15) is 13.2 Å². The average Bonchev–Trinajstić information content (AvgIpc) is 2.95. The van der Waals surface area contributed by atoms with Crippen molar-refractivity contribution in [3.05, 3.63) is 23.6 Å². The molecule has 1 aromatic heterocycles. The summed E-state index contributed by atoms with van der Waals surface area (Å²) in [4.78, 5) is 16.1. The van der Waals surface area contributed by atoms with Crippen molar-refractivity contribution in [1.29, 1.82) is 0 Å². The number of nitrogens with zero attached hydrogens (tertiary/aromatic N) is 1. The molecule has 0 saturated carbocycles. The van der Waals surface area contributed by atoms with Gasteiger partial charge in [0.25, 0.3) is 0 Å². The van der Waals surface area contributed by atoms with Crippen LogP contribution in [0.3, 0.4) is 0 Å². The van der Waals surface area contributed by atoms with Crippen LogP contribution >= 0.6 is 11.3 Å².